The Hall–Kier alpha value is -1.62. The lowest BCUT2D eigenvalue weighted by molar-refractivity contribution is -0.139. The molecule has 0 aliphatic carbocycles. The molecular formula is C10H14N2O3. The Labute approximate surface area is 88.4 Å². The SMILES string of the molecule is COC(=O)CNCc1ccnc(OC)c1. The van der Waals surface area contributed by atoms with Gasteiger partial charge in [-0.25, -0.2) is 4.98 Å². The van der Waals surface area contributed by atoms with Gasteiger partial charge >= 0.3 is 5.97 Å². The van der Waals surface area contributed by atoms with Gasteiger partial charge in [0.2, 0.25) is 5.88 Å². The Kier molecular flexibility index (Phi) is 4.56. The molecule has 1 heterocycles. The number of nitrogens with one attached hydrogen (secondary N) is 1. The number of nitrogens with zero attached hydrogens (tertiary/aromatic N) is 1. The molecule has 0 amide bonds. The predicted molar refractivity (Wildman–Crippen MR) is 54.5 cm³/mol. The van der Waals surface area contributed by atoms with E-state index < -0.39 is 0 Å². The van der Waals surface area contributed by atoms with Crippen LogP contribution in [-0.2, 0) is 16.1 Å². The maximum Gasteiger partial charge on any atom is 0.319 e. The van der Waals surface area contributed by atoms with Gasteiger partial charge in [0.25, 0.3) is 0 Å². The Balaban J connectivity index is 2.40. The Bertz CT molecular complexity index is 328. The summed E-state index contributed by atoms with van der Waals surface area (Å²) in [6.45, 7) is 0.773. The summed E-state index contributed by atoms with van der Waals surface area (Å²) in [4.78, 5) is 14.8. The fourth-order valence-electron chi connectivity index (χ4n) is 1.05. The first-order valence-electron chi connectivity index (χ1n) is 4.52. The summed E-state index contributed by atoms with van der Waals surface area (Å²) < 4.78 is 9.47. The number of ether oxygens (including phenoxy) is 2. The number of aromatic nitrogens is 1. The highest BCUT2D eigenvalue weighted by Crippen LogP contribution is 2.07. The summed E-state index contributed by atoms with van der Waals surface area (Å²) >= 11 is 0. The molecule has 0 aromatic carbocycles. The third-order valence-electron chi connectivity index (χ3n) is 1.83. The first kappa shape index (κ1) is 11.5. The first-order valence-corrected chi connectivity index (χ1v) is 4.52. The number of hydrogen-bond acceptors (Lipinski definition) is 5. The van der Waals surface area contributed by atoms with E-state index in [1.54, 1.807) is 13.3 Å². The second kappa shape index (κ2) is 5.98. The molecule has 0 aliphatic heterocycles. The van der Waals surface area contributed by atoms with Crippen molar-refractivity contribution >= 4 is 5.97 Å². The Morgan fingerprint density at radius 1 is 1.53 bits per heavy atom. The maximum atomic E-state index is 10.8. The molecule has 15 heavy (non-hydrogen) atoms. The number of methoxy groups -OCH3 is 2. The fourth-order valence-corrected chi connectivity index (χ4v) is 1.05. The zero-order chi connectivity index (χ0) is 11.1. The molecule has 5 nitrogen and oxygen atoms in total. The van der Waals surface area contributed by atoms with Crippen molar-refractivity contribution in [3.05, 3.63) is 23.9 Å². The molecule has 1 aromatic heterocycles. The highest BCUT2D eigenvalue weighted by molar-refractivity contribution is 5.71. The van der Waals surface area contributed by atoms with E-state index in [2.05, 4.69) is 15.0 Å². The van der Waals surface area contributed by atoms with Crippen molar-refractivity contribution in [2.75, 3.05) is 20.8 Å². The minimum atomic E-state index is -0.281. The molecular weight excluding hydrogens is 196 g/mol. The molecule has 5 heteroatoms. The first-order chi connectivity index (χ1) is 7.26. The van der Waals surface area contributed by atoms with Gasteiger partial charge in [-0.1, -0.05) is 0 Å². The summed E-state index contributed by atoms with van der Waals surface area (Å²) in [5, 5.41) is 2.95. The summed E-state index contributed by atoms with van der Waals surface area (Å²) in [6, 6.07) is 3.66. The van der Waals surface area contributed by atoms with Gasteiger partial charge in [-0.15, -0.1) is 0 Å². The predicted octanol–water partition coefficient (Wildman–Crippen LogP) is 0.353. The van der Waals surface area contributed by atoms with Crippen molar-refractivity contribution in [3.8, 4) is 5.88 Å². The average Bonchev–Trinajstić information content (AvgIpc) is 2.29. The zero-order valence-electron chi connectivity index (χ0n) is 8.82. The van der Waals surface area contributed by atoms with Crippen LogP contribution >= 0.6 is 0 Å². The topological polar surface area (TPSA) is 60.5 Å². The fraction of sp³-hybridized carbons (Fsp3) is 0.400. The van der Waals surface area contributed by atoms with E-state index in [-0.39, 0.29) is 12.5 Å². The molecule has 0 aliphatic rings. The van der Waals surface area contributed by atoms with Gasteiger partial charge in [-0.05, 0) is 11.6 Å². The highest BCUT2D eigenvalue weighted by atomic mass is 16.5. The largest absolute Gasteiger partial charge is 0.481 e. The second-order valence-corrected chi connectivity index (χ2v) is 2.89. The van der Waals surface area contributed by atoms with Crippen LogP contribution in [0.15, 0.2) is 18.3 Å². The van der Waals surface area contributed by atoms with Crippen LogP contribution in [0.2, 0.25) is 0 Å². The highest BCUT2D eigenvalue weighted by Gasteiger charge is 2.00. The molecule has 1 rings (SSSR count). The van der Waals surface area contributed by atoms with Crippen molar-refractivity contribution < 1.29 is 14.3 Å². The van der Waals surface area contributed by atoms with Crippen LogP contribution in [-0.4, -0.2) is 31.7 Å². The maximum absolute atomic E-state index is 10.8. The summed E-state index contributed by atoms with van der Waals surface area (Å²) in [5.74, 6) is 0.281. The van der Waals surface area contributed by atoms with Crippen LogP contribution in [0.5, 0.6) is 5.88 Å². The molecule has 0 radical (unpaired) electrons. The number of pyridine rings is 1. The molecule has 0 unspecified atom stereocenters. The number of rotatable bonds is 5. The number of esters is 1. The van der Waals surface area contributed by atoms with Gasteiger partial charge in [-0.2, -0.15) is 0 Å². The number of hydrogen-bond donors (Lipinski definition) is 1. The van der Waals surface area contributed by atoms with E-state index in [0.29, 0.717) is 12.4 Å². The molecule has 0 saturated carbocycles. The molecule has 0 saturated heterocycles. The molecule has 1 aromatic rings. The van der Waals surface area contributed by atoms with Crippen molar-refractivity contribution in [3.63, 3.8) is 0 Å². The van der Waals surface area contributed by atoms with Crippen molar-refractivity contribution in [2.45, 2.75) is 6.54 Å². The van der Waals surface area contributed by atoms with Crippen molar-refractivity contribution in [1.29, 1.82) is 0 Å². The van der Waals surface area contributed by atoms with E-state index in [0.717, 1.165) is 5.56 Å². The van der Waals surface area contributed by atoms with Crippen LogP contribution in [0.4, 0.5) is 0 Å². The van der Waals surface area contributed by atoms with Gasteiger partial charge in [0.05, 0.1) is 20.8 Å². The van der Waals surface area contributed by atoms with Gasteiger partial charge in [-0.3, -0.25) is 4.79 Å². The van der Waals surface area contributed by atoms with Crippen LogP contribution in [0.3, 0.4) is 0 Å². The van der Waals surface area contributed by atoms with E-state index in [1.165, 1.54) is 7.11 Å². The molecule has 0 bridgehead atoms. The average molecular weight is 210 g/mol. The third-order valence-corrected chi connectivity index (χ3v) is 1.83. The third kappa shape index (κ3) is 3.95. The lowest BCUT2D eigenvalue weighted by Gasteiger charge is -2.04. The van der Waals surface area contributed by atoms with E-state index in [9.17, 15) is 4.79 Å². The lowest BCUT2D eigenvalue weighted by Crippen LogP contribution is -2.23. The zero-order valence-corrected chi connectivity index (χ0v) is 8.82. The smallest absolute Gasteiger partial charge is 0.319 e. The molecule has 0 spiro atoms. The van der Waals surface area contributed by atoms with Crippen LogP contribution in [0, 0.1) is 0 Å². The molecule has 1 N–H and O–H groups in total. The number of carbonyl (C=O) groups excluding carboxylic acids is 1. The standard InChI is InChI=1S/C10H14N2O3/c1-14-9-5-8(3-4-12-9)6-11-7-10(13)15-2/h3-5,11H,6-7H2,1-2H3. The minimum Gasteiger partial charge on any atom is -0.481 e. The van der Waals surface area contributed by atoms with Gasteiger partial charge in [0.15, 0.2) is 0 Å². The van der Waals surface area contributed by atoms with Crippen LogP contribution in [0.1, 0.15) is 5.56 Å². The normalized spacial score (nSPS) is 9.73. The monoisotopic (exact) mass is 210 g/mol. The summed E-state index contributed by atoms with van der Waals surface area (Å²) in [6.07, 6.45) is 1.66. The Morgan fingerprint density at radius 2 is 2.33 bits per heavy atom. The minimum absolute atomic E-state index is 0.196. The lowest BCUT2D eigenvalue weighted by atomic mass is 10.2. The summed E-state index contributed by atoms with van der Waals surface area (Å²) in [5.41, 5.74) is 1.01. The van der Waals surface area contributed by atoms with Gasteiger partial charge < -0.3 is 14.8 Å². The number of carbonyl (C=O) groups is 1. The van der Waals surface area contributed by atoms with Gasteiger partial charge in [0, 0.05) is 18.8 Å². The van der Waals surface area contributed by atoms with Gasteiger partial charge in [0.1, 0.15) is 0 Å². The quantitative estimate of drug-likeness (QED) is 0.711. The Morgan fingerprint density at radius 3 is 3.00 bits per heavy atom. The van der Waals surface area contributed by atoms with Crippen molar-refractivity contribution in [2.24, 2.45) is 0 Å². The second-order valence-electron chi connectivity index (χ2n) is 2.89. The molecule has 0 atom stereocenters. The molecule has 0 fully saturated rings. The van der Waals surface area contributed by atoms with E-state index in [1.807, 2.05) is 12.1 Å². The van der Waals surface area contributed by atoms with E-state index >= 15 is 0 Å². The summed E-state index contributed by atoms with van der Waals surface area (Å²) in [7, 11) is 2.92. The van der Waals surface area contributed by atoms with Crippen molar-refractivity contribution in [1.82, 2.24) is 10.3 Å². The molecule has 82 valence electrons. The van der Waals surface area contributed by atoms with Crippen LogP contribution in [0.25, 0.3) is 0 Å². The van der Waals surface area contributed by atoms with Crippen LogP contribution < -0.4 is 10.1 Å². The van der Waals surface area contributed by atoms with E-state index in [4.69, 9.17) is 4.74 Å².